The maximum absolute atomic E-state index is 13.8. The van der Waals surface area contributed by atoms with E-state index in [0.29, 0.717) is 6.42 Å². The van der Waals surface area contributed by atoms with Crippen molar-refractivity contribution in [1.29, 1.82) is 0 Å². The second-order valence-electron chi connectivity index (χ2n) is 8.00. The van der Waals surface area contributed by atoms with Crippen molar-refractivity contribution in [3.8, 4) is 0 Å². The Balaban J connectivity index is 2.41. The summed E-state index contributed by atoms with van der Waals surface area (Å²) < 4.78 is 39.6. The Morgan fingerprint density at radius 3 is 2.24 bits per heavy atom. The zero-order valence-corrected chi connectivity index (χ0v) is 20.3. The molecule has 2 unspecified atom stereocenters. The summed E-state index contributed by atoms with van der Waals surface area (Å²) in [5.41, 5.74) is 0.847. The quantitative estimate of drug-likeness (QED) is 0.538. The molecule has 0 aliphatic carbocycles. The molecule has 1 N–H and O–H groups in total. The molecule has 2 aromatic carbocycles. The summed E-state index contributed by atoms with van der Waals surface area (Å²) in [6, 6.07) is 13.4. The average molecular weight is 478 g/mol. The van der Waals surface area contributed by atoms with E-state index in [1.165, 1.54) is 23.1 Å². The van der Waals surface area contributed by atoms with Gasteiger partial charge in [0.15, 0.2) is 0 Å². The van der Waals surface area contributed by atoms with Crippen LogP contribution in [-0.2, 0) is 26.2 Å². The first-order chi connectivity index (χ1) is 15.6. The number of halogens is 1. The van der Waals surface area contributed by atoms with Gasteiger partial charge in [-0.1, -0.05) is 50.2 Å². The Bertz CT molecular complexity index is 1050. The fourth-order valence-electron chi connectivity index (χ4n) is 3.39. The lowest BCUT2D eigenvalue weighted by molar-refractivity contribution is -0.140. The van der Waals surface area contributed by atoms with E-state index >= 15 is 0 Å². The molecule has 0 radical (unpaired) electrons. The van der Waals surface area contributed by atoms with Gasteiger partial charge in [-0.3, -0.25) is 13.9 Å². The number of hydrogen-bond acceptors (Lipinski definition) is 4. The van der Waals surface area contributed by atoms with Gasteiger partial charge in [0.25, 0.3) is 0 Å². The monoisotopic (exact) mass is 477 g/mol. The average Bonchev–Trinajstić information content (AvgIpc) is 2.76. The smallest absolute Gasteiger partial charge is 0.244 e. The van der Waals surface area contributed by atoms with Crippen molar-refractivity contribution in [2.24, 2.45) is 0 Å². The van der Waals surface area contributed by atoms with E-state index in [1.807, 2.05) is 44.2 Å². The van der Waals surface area contributed by atoms with Crippen molar-refractivity contribution >= 4 is 27.5 Å². The van der Waals surface area contributed by atoms with E-state index in [2.05, 4.69) is 5.32 Å². The number of benzene rings is 2. The van der Waals surface area contributed by atoms with Crippen LogP contribution < -0.4 is 9.62 Å². The van der Waals surface area contributed by atoms with E-state index in [4.69, 9.17) is 0 Å². The Morgan fingerprint density at radius 2 is 1.70 bits per heavy atom. The highest BCUT2D eigenvalue weighted by Gasteiger charge is 2.32. The van der Waals surface area contributed by atoms with Crippen molar-refractivity contribution in [3.05, 3.63) is 66.0 Å². The van der Waals surface area contributed by atoms with Crippen molar-refractivity contribution in [2.45, 2.75) is 52.2 Å². The predicted octanol–water partition coefficient (Wildman–Crippen LogP) is 3.31. The number of sulfonamides is 1. The molecule has 0 heterocycles. The highest BCUT2D eigenvalue weighted by molar-refractivity contribution is 7.92. The molecule has 0 fully saturated rings. The second-order valence-corrected chi connectivity index (χ2v) is 9.91. The maximum atomic E-state index is 13.8. The molecule has 2 atom stereocenters. The van der Waals surface area contributed by atoms with Crippen LogP contribution in [0.2, 0.25) is 0 Å². The summed E-state index contributed by atoms with van der Waals surface area (Å²) in [5.74, 6) is -1.47. The van der Waals surface area contributed by atoms with Gasteiger partial charge in [-0.2, -0.15) is 0 Å². The van der Waals surface area contributed by atoms with Gasteiger partial charge in [-0.15, -0.1) is 0 Å². The first-order valence-electron chi connectivity index (χ1n) is 10.9. The second kappa shape index (κ2) is 11.8. The van der Waals surface area contributed by atoms with E-state index in [9.17, 15) is 22.4 Å². The van der Waals surface area contributed by atoms with Gasteiger partial charge in [0, 0.05) is 12.6 Å². The van der Waals surface area contributed by atoms with E-state index < -0.39 is 34.3 Å². The van der Waals surface area contributed by atoms with Crippen LogP contribution in [0.15, 0.2) is 54.6 Å². The van der Waals surface area contributed by atoms with Crippen LogP contribution in [0.25, 0.3) is 0 Å². The Hall–Kier alpha value is -2.94. The standard InChI is InChI=1S/C24H32FN3O4S/c1-5-18(3)26-24(30)22(6-2)27(16-19-11-8-7-9-12-19)23(29)17-28(33(4,31)32)21-14-10-13-20(25)15-21/h7-15,18,22H,5-6,16-17H2,1-4H3,(H,26,30). The Morgan fingerprint density at radius 1 is 1.03 bits per heavy atom. The first kappa shape index (κ1) is 26.3. The van der Waals surface area contributed by atoms with E-state index in [0.717, 1.165) is 28.6 Å². The third-order valence-electron chi connectivity index (χ3n) is 5.36. The summed E-state index contributed by atoms with van der Waals surface area (Å²) in [5, 5.41) is 2.91. The minimum Gasteiger partial charge on any atom is -0.352 e. The minimum absolute atomic E-state index is 0.0441. The van der Waals surface area contributed by atoms with E-state index in [1.54, 1.807) is 6.92 Å². The van der Waals surface area contributed by atoms with Gasteiger partial charge in [-0.25, -0.2) is 12.8 Å². The molecule has 0 bridgehead atoms. The largest absolute Gasteiger partial charge is 0.352 e. The van der Waals surface area contributed by atoms with Crippen molar-refractivity contribution in [3.63, 3.8) is 0 Å². The minimum atomic E-state index is -3.89. The normalized spacial score (nSPS) is 13.1. The number of nitrogens with zero attached hydrogens (tertiary/aromatic N) is 2. The molecule has 9 heteroatoms. The zero-order chi connectivity index (χ0) is 24.6. The molecule has 0 aromatic heterocycles. The molecular weight excluding hydrogens is 445 g/mol. The Labute approximate surface area is 195 Å². The lowest BCUT2D eigenvalue weighted by Gasteiger charge is -2.33. The predicted molar refractivity (Wildman–Crippen MR) is 128 cm³/mol. The van der Waals surface area contributed by atoms with Gasteiger partial charge in [-0.05, 0) is 43.5 Å². The Kier molecular flexibility index (Phi) is 9.40. The fraction of sp³-hybridized carbons (Fsp3) is 0.417. The van der Waals surface area contributed by atoms with Crippen LogP contribution in [-0.4, -0.2) is 50.0 Å². The molecular formula is C24H32FN3O4S. The van der Waals surface area contributed by atoms with Crippen LogP contribution in [0, 0.1) is 5.82 Å². The number of carbonyl (C=O) groups is 2. The maximum Gasteiger partial charge on any atom is 0.244 e. The molecule has 2 aromatic rings. The van der Waals surface area contributed by atoms with Crippen molar-refractivity contribution in [1.82, 2.24) is 10.2 Å². The van der Waals surface area contributed by atoms with Crippen molar-refractivity contribution in [2.75, 3.05) is 17.1 Å². The fourth-order valence-corrected chi connectivity index (χ4v) is 4.23. The zero-order valence-electron chi connectivity index (χ0n) is 19.5. The molecule has 180 valence electrons. The van der Waals surface area contributed by atoms with Crippen LogP contribution in [0.4, 0.5) is 10.1 Å². The summed E-state index contributed by atoms with van der Waals surface area (Å²) in [4.78, 5) is 27.9. The van der Waals surface area contributed by atoms with Gasteiger partial charge < -0.3 is 10.2 Å². The van der Waals surface area contributed by atoms with Crippen LogP contribution in [0.1, 0.15) is 39.2 Å². The molecule has 2 rings (SSSR count). The first-order valence-corrected chi connectivity index (χ1v) is 12.8. The SMILES string of the molecule is CCC(C)NC(=O)C(CC)N(Cc1ccccc1)C(=O)CN(c1cccc(F)c1)S(C)(=O)=O. The summed E-state index contributed by atoms with van der Waals surface area (Å²) in [7, 11) is -3.89. The third kappa shape index (κ3) is 7.56. The van der Waals surface area contributed by atoms with Crippen LogP contribution in [0.3, 0.4) is 0 Å². The van der Waals surface area contributed by atoms with Crippen molar-refractivity contribution < 1.29 is 22.4 Å². The summed E-state index contributed by atoms with van der Waals surface area (Å²) in [6.45, 7) is 5.20. The number of amides is 2. The molecule has 0 spiro atoms. The van der Waals surface area contributed by atoms with Gasteiger partial charge in [0.1, 0.15) is 18.4 Å². The number of nitrogens with one attached hydrogen (secondary N) is 1. The molecule has 7 nitrogen and oxygen atoms in total. The molecule has 2 amide bonds. The number of anilines is 1. The highest BCUT2D eigenvalue weighted by atomic mass is 32.2. The van der Waals surface area contributed by atoms with Crippen LogP contribution in [0.5, 0.6) is 0 Å². The van der Waals surface area contributed by atoms with Gasteiger partial charge in [0.2, 0.25) is 21.8 Å². The van der Waals surface area contributed by atoms with Crippen LogP contribution >= 0.6 is 0 Å². The third-order valence-corrected chi connectivity index (χ3v) is 6.50. The molecule has 0 saturated heterocycles. The topological polar surface area (TPSA) is 86.8 Å². The number of rotatable bonds is 11. The lowest BCUT2D eigenvalue weighted by Crippen LogP contribution is -2.53. The molecule has 0 saturated carbocycles. The number of carbonyl (C=O) groups excluding carboxylic acids is 2. The summed E-state index contributed by atoms with van der Waals surface area (Å²) in [6.07, 6.45) is 2.04. The molecule has 0 aliphatic rings. The van der Waals surface area contributed by atoms with Gasteiger partial charge in [0.05, 0.1) is 11.9 Å². The van der Waals surface area contributed by atoms with E-state index in [-0.39, 0.29) is 24.2 Å². The van der Waals surface area contributed by atoms with Gasteiger partial charge >= 0.3 is 0 Å². The lowest BCUT2D eigenvalue weighted by atomic mass is 10.1. The number of hydrogen-bond donors (Lipinski definition) is 1. The highest BCUT2D eigenvalue weighted by Crippen LogP contribution is 2.20. The molecule has 33 heavy (non-hydrogen) atoms. The molecule has 0 aliphatic heterocycles. The summed E-state index contributed by atoms with van der Waals surface area (Å²) >= 11 is 0.